The number of phenolic OH excluding ortho intramolecular Hbond substituents is 2. The Morgan fingerprint density at radius 1 is 1.09 bits per heavy atom. The highest BCUT2D eigenvalue weighted by atomic mass is 16.5. The summed E-state index contributed by atoms with van der Waals surface area (Å²) in [5.74, 6) is 0.125. The van der Waals surface area contributed by atoms with Crippen molar-refractivity contribution >= 4 is 11.0 Å². The summed E-state index contributed by atoms with van der Waals surface area (Å²) in [6.07, 6.45) is 2.24. The average molecular weight is 312 g/mol. The summed E-state index contributed by atoms with van der Waals surface area (Å²) in [6.45, 7) is 2.61. The Labute approximate surface area is 132 Å². The van der Waals surface area contributed by atoms with Gasteiger partial charge < -0.3 is 19.4 Å². The molecule has 0 saturated carbocycles. The molecular weight excluding hydrogens is 296 g/mol. The minimum atomic E-state index is -0.287. The maximum absolute atomic E-state index is 12.6. The van der Waals surface area contributed by atoms with E-state index in [2.05, 4.69) is 0 Å². The van der Waals surface area contributed by atoms with E-state index < -0.39 is 0 Å². The molecule has 0 aliphatic heterocycles. The Kier molecular flexibility index (Phi) is 3.93. The lowest BCUT2D eigenvalue weighted by atomic mass is 10.0. The molecule has 0 unspecified atom stereocenters. The van der Waals surface area contributed by atoms with E-state index in [-0.39, 0.29) is 16.9 Å². The molecule has 0 spiro atoms. The van der Waals surface area contributed by atoms with Crippen molar-refractivity contribution in [2.24, 2.45) is 0 Å². The fourth-order valence-electron chi connectivity index (χ4n) is 2.31. The summed E-state index contributed by atoms with van der Waals surface area (Å²) in [5.41, 5.74) is 1.02. The predicted molar refractivity (Wildman–Crippen MR) is 87.0 cm³/mol. The van der Waals surface area contributed by atoms with Gasteiger partial charge in [-0.2, -0.15) is 0 Å². The van der Waals surface area contributed by atoms with Crippen LogP contribution in [0.15, 0.2) is 51.9 Å². The lowest BCUT2D eigenvalue weighted by Crippen LogP contribution is -2.05. The van der Waals surface area contributed by atoms with E-state index in [1.807, 2.05) is 6.92 Å². The number of ether oxygens (including phenoxy) is 1. The van der Waals surface area contributed by atoms with Crippen molar-refractivity contribution in [1.82, 2.24) is 0 Å². The topological polar surface area (TPSA) is 79.9 Å². The summed E-state index contributed by atoms with van der Waals surface area (Å²) in [7, 11) is 0. The molecule has 0 radical (unpaired) electrons. The predicted octanol–water partition coefficient (Wildman–Crippen LogP) is 3.66. The van der Waals surface area contributed by atoms with Crippen LogP contribution in [0, 0.1) is 0 Å². The zero-order chi connectivity index (χ0) is 16.4. The molecule has 5 heteroatoms. The molecule has 1 heterocycles. The third kappa shape index (κ3) is 2.85. The van der Waals surface area contributed by atoms with Crippen LogP contribution < -0.4 is 10.2 Å². The monoisotopic (exact) mass is 312 g/mol. The molecule has 0 bridgehead atoms. The molecule has 3 aromatic rings. The molecule has 0 atom stereocenters. The van der Waals surface area contributed by atoms with E-state index in [0.717, 1.165) is 6.42 Å². The molecule has 2 aromatic carbocycles. The van der Waals surface area contributed by atoms with Crippen LogP contribution in [0.1, 0.15) is 13.3 Å². The number of hydrogen-bond acceptors (Lipinski definition) is 5. The highest BCUT2D eigenvalue weighted by molar-refractivity contribution is 5.83. The van der Waals surface area contributed by atoms with Crippen LogP contribution in [0.4, 0.5) is 0 Å². The van der Waals surface area contributed by atoms with Gasteiger partial charge in [-0.3, -0.25) is 4.79 Å². The van der Waals surface area contributed by atoms with Gasteiger partial charge in [0.15, 0.2) is 16.9 Å². The minimum Gasteiger partial charge on any atom is -0.504 e. The smallest absolute Gasteiger partial charge is 0.200 e. The van der Waals surface area contributed by atoms with Gasteiger partial charge in [0.1, 0.15) is 17.6 Å². The first kappa shape index (κ1) is 15.0. The summed E-state index contributed by atoms with van der Waals surface area (Å²) in [6, 6.07) is 9.28. The fraction of sp³-hybridized carbons (Fsp3) is 0.167. The zero-order valence-corrected chi connectivity index (χ0v) is 12.6. The summed E-state index contributed by atoms with van der Waals surface area (Å²) < 4.78 is 11.1. The minimum absolute atomic E-state index is 0.210. The average Bonchev–Trinajstić information content (AvgIpc) is 2.56. The normalized spacial score (nSPS) is 10.8. The van der Waals surface area contributed by atoms with Gasteiger partial charge in [-0.05, 0) is 36.2 Å². The van der Waals surface area contributed by atoms with Gasteiger partial charge >= 0.3 is 0 Å². The Hall–Kier alpha value is -2.95. The Balaban J connectivity index is 2.08. The van der Waals surface area contributed by atoms with Crippen LogP contribution in [-0.2, 0) is 0 Å². The molecule has 0 saturated heterocycles. The van der Waals surface area contributed by atoms with Crippen molar-refractivity contribution in [2.45, 2.75) is 13.3 Å². The fourth-order valence-corrected chi connectivity index (χ4v) is 2.31. The maximum Gasteiger partial charge on any atom is 0.200 e. The van der Waals surface area contributed by atoms with Crippen LogP contribution in [0.3, 0.4) is 0 Å². The Morgan fingerprint density at radius 2 is 1.91 bits per heavy atom. The molecule has 0 amide bonds. The van der Waals surface area contributed by atoms with Gasteiger partial charge in [0, 0.05) is 6.07 Å². The molecule has 3 rings (SSSR count). The van der Waals surface area contributed by atoms with Crippen LogP contribution >= 0.6 is 0 Å². The molecule has 0 aliphatic carbocycles. The third-order valence-corrected chi connectivity index (χ3v) is 3.51. The number of phenols is 2. The molecule has 2 N–H and O–H groups in total. The molecule has 23 heavy (non-hydrogen) atoms. The first-order valence-corrected chi connectivity index (χ1v) is 7.31. The number of aromatic hydroxyl groups is 2. The van der Waals surface area contributed by atoms with Crippen molar-refractivity contribution in [3.05, 3.63) is 52.9 Å². The van der Waals surface area contributed by atoms with E-state index in [0.29, 0.717) is 34.5 Å². The summed E-state index contributed by atoms with van der Waals surface area (Å²) >= 11 is 0. The van der Waals surface area contributed by atoms with Crippen LogP contribution in [-0.4, -0.2) is 16.8 Å². The molecule has 1 aromatic heterocycles. The lowest BCUT2D eigenvalue weighted by Gasteiger charge is -2.07. The quantitative estimate of drug-likeness (QED) is 0.719. The number of benzene rings is 2. The van der Waals surface area contributed by atoms with Gasteiger partial charge in [-0.1, -0.05) is 13.0 Å². The van der Waals surface area contributed by atoms with Gasteiger partial charge in [-0.15, -0.1) is 0 Å². The Morgan fingerprint density at radius 3 is 2.65 bits per heavy atom. The van der Waals surface area contributed by atoms with Crippen LogP contribution in [0.25, 0.3) is 22.1 Å². The Bertz CT molecular complexity index is 911. The second-order valence-electron chi connectivity index (χ2n) is 5.19. The highest BCUT2D eigenvalue weighted by Gasteiger charge is 2.11. The second kappa shape index (κ2) is 6.04. The first-order chi connectivity index (χ1) is 11.1. The number of rotatable bonds is 4. The van der Waals surface area contributed by atoms with E-state index in [4.69, 9.17) is 9.15 Å². The van der Waals surface area contributed by atoms with Crippen molar-refractivity contribution in [2.75, 3.05) is 6.61 Å². The lowest BCUT2D eigenvalue weighted by molar-refractivity contribution is 0.317. The third-order valence-electron chi connectivity index (χ3n) is 3.51. The maximum atomic E-state index is 12.6. The summed E-state index contributed by atoms with van der Waals surface area (Å²) in [5, 5.41) is 19.4. The van der Waals surface area contributed by atoms with E-state index in [1.54, 1.807) is 24.3 Å². The van der Waals surface area contributed by atoms with Crippen molar-refractivity contribution < 1.29 is 19.4 Å². The van der Waals surface area contributed by atoms with E-state index in [9.17, 15) is 15.0 Å². The standard InChI is InChI=1S/C18H16O5/c1-2-7-22-12-4-5-13-17(9-12)23-10-14(18(13)21)11-3-6-15(19)16(20)8-11/h3-6,8-10,19-20H,2,7H2,1H3. The molecule has 0 aliphatic rings. The van der Waals surface area contributed by atoms with Gasteiger partial charge in [0.05, 0.1) is 17.6 Å². The highest BCUT2D eigenvalue weighted by Crippen LogP contribution is 2.30. The number of fused-ring (bicyclic) bond motifs is 1. The van der Waals surface area contributed by atoms with Gasteiger partial charge in [0.25, 0.3) is 0 Å². The number of hydrogen-bond donors (Lipinski definition) is 2. The largest absolute Gasteiger partial charge is 0.504 e. The van der Waals surface area contributed by atoms with Crippen molar-refractivity contribution in [3.8, 4) is 28.4 Å². The van der Waals surface area contributed by atoms with Crippen LogP contribution in [0.5, 0.6) is 17.2 Å². The van der Waals surface area contributed by atoms with Gasteiger partial charge in [0.2, 0.25) is 0 Å². The summed E-state index contributed by atoms with van der Waals surface area (Å²) in [4.78, 5) is 12.6. The zero-order valence-electron chi connectivity index (χ0n) is 12.6. The molecule has 5 nitrogen and oxygen atoms in total. The molecule has 0 fully saturated rings. The first-order valence-electron chi connectivity index (χ1n) is 7.31. The van der Waals surface area contributed by atoms with Gasteiger partial charge in [-0.25, -0.2) is 0 Å². The van der Waals surface area contributed by atoms with Crippen LogP contribution in [0.2, 0.25) is 0 Å². The van der Waals surface area contributed by atoms with Crippen molar-refractivity contribution in [3.63, 3.8) is 0 Å². The second-order valence-corrected chi connectivity index (χ2v) is 5.19. The van der Waals surface area contributed by atoms with Crippen molar-refractivity contribution in [1.29, 1.82) is 0 Å². The SMILES string of the molecule is CCCOc1ccc2c(=O)c(-c3ccc(O)c(O)c3)coc2c1. The van der Waals surface area contributed by atoms with E-state index in [1.165, 1.54) is 18.4 Å². The molecular formula is C18H16O5. The van der Waals surface area contributed by atoms with E-state index >= 15 is 0 Å². The molecule has 118 valence electrons.